The molecular weight excluding hydrogens is 382 g/mol. The molecule has 1 aromatic carbocycles. The van der Waals surface area contributed by atoms with Crippen LogP contribution < -0.4 is 10.6 Å². The summed E-state index contributed by atoms with van der Waals surface area (Å²) in [5.41, 5.74) is 0.507. The van der Waals surface area contributed by atoms with Crippen molar-refractivity contribution in [3.63, 3.8) is 0 Å². The normalized spacial score (nSPS) is 23.0. The monoisotopic (exact) mass is 415 g/mol. The lowest BCUT2D eigenvalue weighted by molar-refractivity contribution is -0.127. The Hall–Kier alpha value is -2.25. The van der Waals surface area contributed by atoms with Crippen LogP contribution in [0.5, 0.6) is 0 Å². The molecule has 30 heavy (non-hydrogen) atoms. The van der Waals surface area contributed by atoms with Crippen molar-refractivity contribution in [2.45, 2.75) is 57.7 Å². The molecule has 2 unspecified atom stereocenters. The number of nitrogens with one attached hydrogen (secondary N) is 2. The Kier molecular flexibility index (Phi) is 7.99. The van der Waals surface area contributed by atoms with Gasteiger partial charge < -0.3 is 20.3 Å². The highest BCUT2D eigenvalue weighted by molar-refractivity contribution is 5.98. The van der Waals surface area contributed by atoms with Gasteiger partial charge in [-0.05, 0) is 56.8 Å². The van der Waals surface area contributed by atoms with Crippen LogP contribution in [-0.2, 0) is 14.3 Å². The van der Waals surface area contributed by atoms with Gasteiger partial charge in [-0.15, -0.1) is 0 Å². The summed E-state index contributed by atoms with van der Waals surface area (Å²) in [4.78, 5) is 40.3. The Balaban J connectivity index is 1.64. The molecule has 7 heteroatoms. The Labute approximate surface area is 178 Å². The van der Waals surface area contributed by atoms with E-state index in [0.717, 1.165) is 32.4 Å². The molecule has 0 radical (unpaired) electrons. The molecule has 3 rings (SSSR count). The minimum absolute atomic E-state index is 0.0243. The quantitative estimate of drug-likeness (QED) is 0.642. The fourth-order valence-electron chi connectivity index (χ4n) is 3.99. The number of rotatable bonds is 9. The van der Waals surface area contributed by atoms with E-state index in [9.17, 15) is 14.4 Å². The third-order valence-electron chi connectivity index (χ3n) is 5.78. The van der Waals surface area contributed by atoms with E-state index in [0.29, 0.717) is 24.4 Å². The molecule has 2 saturated heterocycles. The molecule has 2 aliphatic heterocycles. The minimum Gasteiger partial charge on any atom is -0.366 e. The molecule has 0 aliphatic carbocycles. The minimum atomic E-state index is -0.694. The molecule has 0 spiro atoms. The maximum Gasteiger partial charge on any atom is 0.251 e. The highest BCUT2D eigenvalue weighted by Crippen LogP contribution is 2.17. The van der Waals surface area contributed by atoms with Crippen molar-refractivity contribution in [1.29, 1.82) is 0 Å². The Bertz CT molecular complexity index is 731. The van der Waals surface area contributed by atoms with Gasteiger partial charge in [0.1, 0.15) is 18.7 Å². The van der Waals surface area contributed by atoms with E-state index in [2.05, 4.69) is 29.4 Å². The smallest absolute Gasteiger partial charge is 0.251 e. The van der Waals surface area contributed by atoms with Crippen LogP contribution in [0.4, 0.5) is 0 Å². The lowest BCUT2D eigenvalue weighted by atomic mass is 10.0. The molecule has 1 aromatic rings. The maximum atomic E-state index is 13.1. The van der Waals surface area contributed by atoms with Gasteiger partial charge in [0.05, 0.1) is 6.10 Å². The van der Waals surface area contributed by atoms with E-state index >= 15 is 0 Å². The number of hydrogen-bond donors (Lipinski definition) is 2. The fraction of sp³-hybridized carbons (Fsp3) is 0.609. The van der Waals surface area contributed by atoms with Crippen LogP contribution in [0.2, 0.25) is 0 Å². The second kappa shape index (κ2) is 10.7. The molecular formula is C23H33N3O4. The summed E-state index contributed by atoms with van der Waals surface area (Å²) in [6.45, 7) is 6.82. The van der Waals surface area contributed by atoms with Gasteiger partial charge in [0.2, 0.25) is 5.91 Å². The molecule has 0 aromatic heterocycles. The van der Waals surface area contributed by atoms with Gasteiger partial charge >= 0.3 is 0 Å². The number of carbonyl (C=O) groups is 3. The molecule has 2 heterocycles. The number of hydrogen-bond acceptors (Lipinski definition) is 5. The number of benzene rings is 1. The second-order valence-electron chi connectivity index (χ2n) is 8.67. The standard InChI is InChI=1S/C23H33N3O4/c1-16(2)10-11-18(24-22(28)17-8-4-3-5-9-17)23(29)25-21-19(27)15-30-20(21)14-26-12-6-7-13-26/h3-5,8-9,16,18,20-21H,6-7,10-15H2,1-2H3,(H,24,28)(H,25,29)/t18?,20-,21?/m0/s1. The molecule has 2 fully saturated rings. The van der Waals surface area contributed by atoms with Crippen molar-refractivity contribution in [2.24, 2.45) is 5.92 Å². The van der Waals surface area contributed by atoms with Crippen LogP contribution in [0.15, 0.2) is 30.3 Å². The first kappa shape index (κ1) is 22.4. The number of ketones is 1. The third kappa shape index (κ3) is 6.12. The summed E-state index contributed by atoms with van der Waals surface area (Å²) in [7, 11) is 0. The van der Waals surface area contributed by atoms with Gasteiger partial charge in [-0.1, -0.05) is 32.0 Å². The average Bonchev–Trinajstić information content (AvgIpc) is 3.37. The zero-order chi connectivity index (χ0) is 21.5. The summed E-state index contributed by atoms with van der Waals surface area (Å²) >= 11 is 0. The van der Waals surface area contributed by atoms with Crippen LogP contribution >= 0.6 is 0 Å². The Morgan fingerprint density at radius 3 is 2.50 bits per heavy atom. The van der Waals surface area contributed by atoms with Crippen molar-refractivity contribution >= 4 is 17.6 Å². The number of carbonyl (C=O) groups excluding carboxylic acids is 3. The Morgan fingerprint density at radius 1 is 1.13 bits per heavy atom. The molecule has 2 amide bonds. The zero-order valence-electron chi connectivity index (χ0n) is 17.9. The van der Waals surface area contributed by atoms with Gasteiger partial charge in [0, 0.05) is 12.1 Å². The third-order valence-corrected chi connectivity index (χ3v) is 5.78. The first-order chi connectivity index (χ1) is 14.4. The van der Waals surface area contributed by atoms with E-state index in [4.69, 9.17) is 4.74 Å². The fourth-order valence-corrected chi connectivity index (χ4v) is 3.99. The molecule has 164 valence electrons. The highest BCUT2D eigenvalue weighted by Gasteiger charge is 2.39. The van der Waals surface area contributed by atoms with Crippen LogP contribution in [0.1, 0.15) is 49.9 Å². The van der Waals surface area contributed by atoms with Crippen LogP contribution in [0.25, 0.3) is 0 Å². The summed E-state index contributed by atoms with van der Waals surface area (Å²) in [5.74, 6) is -0.324. The van der Waals surface area contributed by atoms with Gasteiger partial charge in [-0.2, -0.15) is 0 Å². The predicted molar refractivity (Wildman–Crippen MR) is 114 cm³/mol. The number of Topliss-reactive ketones (excluding diaryl/α,β-unsaturated/α-hetero) is 1. The lowest BCUT2D eigenvalue weighted by Crippen LogP contribution is -2.54. The van der Waals surface area contributed by atoms with E-state index in [-0.39, 0.29) is 30.3 Å². The van der Waals surface area contributed by atoms with Crippen LogP contribution in [-0.4, -0.2) is 66.9 Å². The SMILES string of the molecule is CC(C)CCC(NC(=O)c1ccccc1)C(=O)NC1C(=O)CO[C@H]1CN1CCCC1. The van der Waals surface area contributed by atoms with E-state index < -0.39 is 12.1 Å². The first-order valence-corrected chi connectivity index (χ1v) is 11.0. The molecule has 0 saturated carbocycles. The average molecular weight is 416 g/mol. The zero-order valence-corrected chi connectivity index (χ0v) is 17.9. The Morgan fingerprint density at radius 2 is 1.83 bits per heavy atom. The van der Waals surface area contributed by atoms with Crippen molar-refractivity contribution in [3.8, 4) is 0 Å². The molecule has 0 bridgehead atoms. The summed E-state index contributed by atoms with van der Waals surface area (Å²) in [5, 5.41) is 5.73. The van der Waals surface area contributed by atoms with Crippen molar-refractivity contribution in [2.75, 3.05) is 26.2 Å². The number of likely N-dealkylation sites (tertiary alicyclic amines) is 1. The molecule has 3 atom stereocenters. The topological polar surface area (TPSA) is 87.7 Å². The lowest BCUT2D eigenvalue weighted by Gasteiger charge is -2.26. The summed E-state index contributed by atoms with van der Waals surface area (Å²) in [6, 6.07) is 7.49. The van der Waals surface area contributed by atoms with Gasteiger partial charge in [-0.25, -0.2) is 0 Å². The number of amides is 2. The van der Waals surface area contributed by atoms with E-state index in [1.807, 2.05) is 6.07 Å². The second-order valence-corrected chi connectivity index (χ2v) is 8.67. The molecule has 7 nitrogen and oxygen atoms in total. The highest BCUT2D eigenvalue weighted by atomic mass is 16.5. The summed E-state index contributed by atoms with van der Waals surface area (Å²) < 4.78 is 5.68. The largest absolute Gasteiger partial charge is 0.366 e. The van der Waals surface area contributed by atoms with Crippen molar-refractivity contribution in [1.82, 2.24) is 15.5 Å². The summed E-state index contributed by atoms with van der Waals surface area (Å²) in [6.07, 6.45) is 3.27. The molecule has 2 aliphatic rings. The van der Waals surface area contributed by atoms with Gasteiger partial charge in [0.15, 0.2) is 5.78 Å². The predicted octanol–water partition coefficient (Wildman–Crippen LogP) is 1.77. The number of nitrogens with zero attached hydrogens (tertiary/aromatic N) is 1. The maximum absolute atomic E-state index is 13.1. The van der Waals surface area contributed by atoms with Crippen LogP contribution in [0.3, 0.4) is 0 Å². The first-order valence-electron chi connectivity index (χ1n) is 11.0. The number of ether oxygens (including phenoxy) is 1. The van der Waals surface area contributed by atoms with E-state index in [1.54, 1.807) is 24.3 Å². The molecule has 2 N–H and O–H groups in total. The van der Waals surface area contributed by atoms with Crippen molar-refractivity contribution < 1.29 is 19.1 Å². The van der Waals surface area contributed by atoms with Crippen LogP contribution in [0, 0.1) is 5.92 Å². The van der Waals surface area contributed by atoms with Gasteiger partial charge in [-0.3, -0.25) is 14.4 Å². The van der Waals surface area contributed by atoms with E-state index in [1.165, 1.54) is 0 Å². The van der Waals surface area contributed by atoms with Gasteiger partial charge in [0.25, 0.3) is 5.91 Å². The van der Waals surface area contributed by atoms with Crippen molar-refractivity contribution in [3.05, 3.63) is 35.9 Å².